The van der Waals surface area contributed by atoms with E-state index in [-0.39, 0.29) is 27.9 Å². The lowest BCUT2D eigenvalue weighted by atomic mass is 9.60. The van der Waals surface area contributed by atoms with Gasteiger partial charge in [0.1, 0.15) is 5.56 Å². The number of anilines is 2. The van der Waals surface area contributed by atoms with Crippen molar-refractivity contribution in [1.82, 2.24) is 24.7 Å². The molecule has 0 bridgehead atoms. The van der Waals surface area contributed by atoms with Crippen molar-refractivity contribution >= 4 is 23.2 Å². The van der Waals surface area contributed by atoms with Crippen LogP contribution in [0.5, 0.6) is 5.88 Å². The first-order chi connectivity index (χ1) is 16.9. The second kappa shape index (κ2) is 8.15. The lowest BCUT2D eigenvalue weighted by Crippen LogP contribution is -2.42. The van der Waals surface area contributed by atoms with Gasteiger partial charge in [0.2, 0.25) is 11.8 Å². The van der Waals surface area contributed by atoms with Crippen molar-refractivity contribution in [2.45, 2.75) is 39.5 Å². The van der Waals surface area contributed by atoms with Crippen LogP contribution in [0.2, 0.25) is 0 Å². The Bertz CT molecular complexity index is 1290. The number of aromatic nitrogens is 4. The van der Waals surface area contributed by atoms with Crippen molar-refractivity contribution in [3.8, 4) is 5.88 Å². The number of aryl methyl sites for hydroxylation is 1. The van der Waals surface area contributed by atoms with E-state index in [1.807, 2.05) is 6.92 Å². The van der Waals surface area contributed by atoms with Gasteiger partial charge < -0.3 is 24.7 Å². The number of fused-ring (bicyclic) bond motifs is 1. The number of nitrogens with zero attached hydrogens (tertiary/aromatic N) is 5. The van der Waals surface area contributed by atoms with E-state index in [1.165, 1.54) is 37.9 Å². The molecule has 9 nitrogen and oxygen atoms in total. The standard InChI is InChI=1S/C25H30FN7O2/c1-3-35-22-18(21(34)30-17-8-19(26)20-29-16(2)10-32(20)11-17)9-28-23(31-22)33-14-24-6-4-5-7-25(24,15-33)13-27-12-24/h8-11,27H,3-7,12-15H2,1-2H3,(H,30,34). The number of carbonyl (C=O) groups excluding carboxylic acids is 1. The van der Waals surface area contributed by atoms with Crippen LogP contribution in [0.25, 0.3) is 5.65 Å². The Morgan fingerprint density at radius 2 is 1.94 bits per heavy atom. The van der Waals surface area contributed by atoms with E-state index in [1.54, 1.807) is 23.7 Å². The van der Waals surface area contributed by atoms with Crippen molar-refractivity contribution in [3.63, 3.8) is 0 Å². The Morgan fingerprint density at radius 3 is 2.66 bits per heavy atom. The highest BCUT2D eigenvalue weighted by Gasteiger charge is 2.61. The van der Waals surface area contributed by atoms with Gasteiger partial charge in [-0.3, -0.25) is 4.79 Å². The monoisotopic (exact) mass is 479 g/mol. The minimum absolute atomic E-state index is 0.215. The molecule has 0 radical (unpaired) electrons. The maximum absolute atomic E-state index is 14.5. The highest BCUT2D eigenvalue weighted by atomic mass is 19.1. The summed E-state index contributed by atoms with van der Waals surface area (Å²) in [5, 5.41) is 6.39. The number of amides is 1. The molecule has 10 heteroatoms. The molecule has 184 valence electrons. The van der Waals surface area contributed by atoms with E-state index in [0.717, 1.165) is 26.2 Å². The van der Waals surface area contributed by atoms with Gasteiger partial charge in [-0.25, -0.2) is 14.4 Å². The van der Waals surface area contributed by atoms with Crippen LogP contribution in [-0.2, 0) is 0 Å². The number of nitrogens with one attached hydrogen (secondary N) is 2. The van der Waals surface area contributed by atoms with Gasteiger partial charge in [-0.2, -0.15) is 4.98 Å². The van der Waals surface area contributed by atoms with Crippen molar-refractivity contribution in [2.24, 2.45) is 10.8 Å². The predicted octanol–water partition coefficient (Wildman–Crippen LogP) is 3.19. The molecule has 35 heavy (non-hydrogen) atoms. The van der Waals surface area contributed by atoms with Crippen molar-refractivity contribution in [2.75, 3.05) is 43.0 Å². The molecule has 1 aliphatic carbocycles. The number of pyridine rings is 1. The molecule has 0 aromatic carbocycles. The molecule has 2 atom stereocenters. The number of halogens is 1. The summed E-state index contributed by atoms with van der Waals surface area (Å²) in [7, 11) is 0. The highest BCUT2D eigenvalue weighted by Crippen LogP contribution is 2.58. The van der Waals surface area contributed by atoms with E-state index >= 15 is 0 Å². The molecule has 2 aliphatic heterocycles. The Kier molecular flexibility index (Phi) is 5.17. The number of carbonyl (C=O) groups is 1. The van der Waals surface area contributed by atoms with Gasteiger partial charge >= 0.3 is 0 Å². The van der Waals surface area contributed by atoms with Crippen LogP contribution in [-0.4, -0.2) is 58.0 Å². The maximum Gasteiger partial charge on any atom is 0.262 e. The number of ether oxygens (including phenoxy) is 1. The first-order valence-electron chi connectivity index (χ1n) is 12.3. The predicted molar refractivity (Wildman–Crippen MR) is 129 cm³/mol. The van der Waals surface area contributed by atoms with Gasteiger partial charge in [0.05, 0.1) is 18.0 Å². The lowest BCUT2D eigenvalue weighted by Gasteiger charge is -2.42. The molecule has 1 saturated carbocycles. The fourth-order valence-electron chi connectivity index (χ4n) is 6.44. The minimum Gasteiger partial charge on any atom is -0.477 e. The summed E-state index contributed by atoms with van der Waals surface area (Å²) < 4.78 is 21.8. The normalized spacial score (nSPS) is 25.5. The van der Waals surface area contributed by atoms with Crippen LogP contribution in [0.3, 0.4) is 0 Å². The Morgan fingerprint density at radius 1 is 1.20 bits per heavy atom. The number of hydrogen-bond acceptors (Lipinski definition) is 7. The topological polar surface area (TPSA) is 96.7 Å². The third kappa shape index (κ3) is 3.53. The average Bonchev–Trinajstić information content (AvgIpc) is 3.48. The van der Waals surface area contributed by atoms with Gasteiger partial charge in [0.15, 0.2) is 11.5 Å². The molecule has 2 unspecified atom stereocenters. The van der Waals surface area contributed by atoms with Crippen LogP contribution in [0.4, 0.5) is 16.0 Å². The van der Waals surface area contributed by atoms with Crippen molar-refractivity contribution in [3.05, 3.63) is 41.7 Å². The van der Waals surface area contributed by atoms with Gasteiger partial charge in [-0.1, -0.05) is 12.8 Å². The molecule has 3 aliphatic rings. The van der Waals surface area contributed by atoms with Gasteiger partial charge in [0.25, 0.3) is 5.91 Å². The van der Waals surface area contributed by atoms with E-state index in [0.29, 0.717) is 23.9 Å². The molecular formula is C25H30FN7O2. The van der Waals surface area contributed by atoms with E-state index in [2.05, 4.69) is 30.5 Å². The molecule has 2 N–H and O–H groups in total. The number of hydrogen-bond donors (Lipinski definition) is 2. The van der Waals surface area contributed by atoms with E-state index < -0.39 is 11.7 Å². The maximum atomic E-state index is 14.5. The molecule has 0 spiro atoms. The van der Waals surface area contributed by atoms with E-state index in [9.17, 15) is 9.18 Å². The SMILES string of the molecule is CCOc1nc(N2CC34CCCCC3(CNC4)C2)ncc1C(=O)Nc1cc(F)c2nc(C)cn2c1. The molecule has 2 saturated heterocycles. The molecule has 3 fully saturated rings. The Hall–Kier alpha value is -3.27. The first-order valence-corrected chi connectivity index (χ1v) is 12.3. The third-order valence-electron chi connectivity index (χ3n) is 8.03. The quantitative estimate of drug-likeness (QED) is 0.580. The summed E-state index contributed by atoms with van der Waals surface area (Å²) >= 11 is 0. The molecule has 1 amide bonds. The second-order valence-corrected chi connectivity index (χ2v) is 10.2. The van der Waals surface area contributed by atoms with Crippen LogP contribution >= 0.6 is 0 Å². The molecule has 5 heterocycles. The second-order valence-electron chi connectivity index (χ2n) is 10.2. The van der Waals surface area contributed by atoms with Crippen LogP contribution in [0, 0.1) is 23.6 Å². The summed E-state index contributed by atoms with van der Waals surface area (Å²) in [4.78, 5) is 28.8. The molecule has 3 aromatic heterocycles. The van der Waals surface area contributed by atoms with Crippen LogP contribution in [0.15, 0.2) is 24.7 Å². The zero-order valence-electron chi connectivity index (χ0n) is 20.1. The third-order valence-corrected chi connectivity index (χ3v) is 8.03. The number of imidazole rings is 1. The average molecular weight is 480 g/mol. The van der Waals surface area contributed by atoms with Crippen molar-refractivity contribution < 1.29 is 13.9 Å². The first kappa shape index (κ1) is 22.2. The molecular weight excluding hydrogens is 449 g/mol. The summed E-state index contributed by atoms with van der Waals surface area (Å²) in [5.74, 6) is -0.129. The highest BCUT2D eigenvalue weighted by molar-refractivity contribution is 6.05. The fraction of sp³-hybridized carbons (Fsp3) is 0.520. The van der Waals surface area contributed by atoms with Gasteiger partial charge in [0, 0.05) is 61.7 Å². The zero-order valence-corrected chi connectivity index (χ0v) is 20.1. The van der Waals surface area contributed by atoms with Crippen molar-refractivity contribution in [1.29, 1.82) is 0 Å². The fourth-order valence-corrected chi connectivity index (χ4v) is 6.44. The minimum atomic E-state index is -0.512. The Balaban J connectivity index is 1.27. The summed E-state index contributed by atoms with van der Waals surface area (Å²) in [6.07, 6.45) is 9.85. The molecule has 3 aromatic rings. The number of rotatable bonds is 5. The van der Waals surface area contributed by atoms with E-state index in [4.69, 9.17) is 4.74 Å². The molecule has 6 rings (SSSR count). The summed E-state index contributed by atoms with van der Waals surface area (Å²) in [6, 6.07) is 1.26. The van der Waals surface area contributed by atoms with Crippen LogP contribution in [0.1, 0.15) is 48.7 Å². The lowest BCUT2D eigenvalue weighted by molar-refractivity contribution is 0.0945. The summed E-state index contributed by atoms with van der Waals surface area (Å²) in [5.41, 5.74) is 1.97. The van der Waals surface area contributed by atoms with Crippen LogP contribution < -0.4 is 20.3 Å². The zero-order chi connectivity index (χ0) is 24.2. The van der Waals surface area contributed by atoms with Gasteiger partial charge in [-0.05, 0) is 26.7 Å². The largest absolute Gasteiger partial charge is 0.477 e. The summed E-state index contributed by atoms with van der Waals surface area (Å²) in [6.45, 7) is 7.92. The smallest absolute Gasteiger partial charge is 0.262 e. The van der Waals surface area contributed by atoms with Gasteiger partial charge in [-0.15, -0.1) is 0 Å². The Labute approximate surface area is 203 Å².